The number of H-pyrrole nitrogens is 1. The molecule has 1 aromatic heterocycles. The van der Waals surface area contributed by atoms with E-state index in [1.165, 1.54) is 6.08 Å². The van der Waals surface area contributed by atoms with Crippen molar-refractivity contribution >= 4 is 17.8 Å². The number of aromatic nitrogens is 2. The average Bonchev–Trinajstić information content (AvgIpc) is 2.54. The van der Waals surface area contributed by atoms with Crippen molar-refractivity contribution in [3.8, 4) is 17.4 Å². The number of rotatable bonds is 7. The van der Waals surface area contributed by atoms with Crippen molar-refractivity contribution in [2.75, 3.05) is 13.2 Å². The summed E-state index contributed by atoms with van der Waals surface area (Å²) in [6, 6.07) is 5.26. The SMILES string of the molecule is CCOc1ccc(C=Cc2nc(O)c([N+](=O)[O-])c(=O)[nH]2)cc1OCC. The van der Waals surface area contributed by atoms with E-state index in [9.17, 15) is 20.0 Å². The maximum Gasteiger partial charge on any atom is 0.395 e. The molecule has 0 saturated carbocycles. The molecule has 0 aliphatic heterocycles. The van der Waals surface area contributed by atoms with Crippen molar-refractivity contribution < 1.29 is 19.5 Å². The van der Waals surface area contributed by atoms with Gasteiger partial charge in [-0.3, -0.25) is 14.9 Å². The first-order valence-electron chi connectivity index (χ1n) is 7.51. The number of nitrogens with zero attached hydrogens (tertiary/aromatic N) is 2. The molecule has 0 radical (unpaired) electrons. The number of hydrogen-bond donors (Lipinski definition) is 2. The Bertz CT molecular complexity index is 859. The number of hydrogen-bond acceptors (Lipinski definition) is 7. The zero-order chi connectivity index (χ0) is 18.4. The third kappa shape index (κ3) is 4.34. The van der Waals surface area contributed by atoms with Gasteiger partial charge in [-0.1, -0.05) is 12.1 Å². The third-order valence-corrected chi connectivity index (χ3v) is 3.08. The second-order valence-corrected chi connectivity index (χ2v) is 4.79. The molecule has 0 atom stereocenters. The Morgan fingerprint density at radius 3 is 2.52 bits per heavy atom. The quantitative estimate of drug-likeness (QED) is 0.581. The van der Waals surface area contributed by atoms with Crippen molar-refractivity contribution in [2.45, 2.75) is 13.8 Å². The highest BCUT2D eigenvalue weighted by Crippen LogP contribution is 2.29. The van der Waals surface area contributed by atoms with Crippen LogP contribution in [-0.2, 0) is 0 Å². The standard InChI is InChI=1S/C16H17N3O6/c1-3-24-11-7-5-10(9-12(11)25-4-2)6-8-13-17-15(20)14(19(22)23)16(21)18-13/h5-9H,3-4H2,1-2H3,(H2,17,18,20,21). The molecule has 9 nitrogen and oxygen atoms in total. The predicted molar refractivity (Wildman–Crippen MR) is 90.9 cm³/mol. The lowest BCUT2D eigenvalue weighted by Gasteiger charge is -2.11. The van der Waals surface area contributed by atoms with Gasteiger partial charge in [-0.2, -0.15) is 4.98 Å². The van der Waals surface area contributed by atoms with Gasteiger partial charge in [0.1, 0.15) is 5.82 Å². The summed E-state index contributed by atoms with van der Waals surface area (Å²) in [5.41, 5.74) is -1.29. The van der Waals surface area contributed by atoms with E-state index in [0.717, 1.165) is 5.56 Å². The largest absolute Gasteiger partial charge is 0.490 e. The van der Waals surface area contributed by atoms with Crippen LogP contribution in [0.2, 0.25) is 0 Å². The number of ether oxygens (including phenoxy) is 2. The summed E-state index contributed by atoms with van der Waals surface area (Å²) in [5.74, 6) is 0.232. The fraction of sp³-hybridized carbons (Fsp3) is 0.250. The van der Waals surface area contributed by atoms with E-state index in [1.807, 2.05) is 13.8 Å². The highest BCUT2D eigenvalue weighted by Gasteiger charge is 2.21. The van der Waals surface area contributed by atoms with Crippen LogP contribution in [-0.4, -0.2) is 33.2 Å². The molecule has 2 N–H and O–H groups in total. The molecule has 2 rings (SSSR count). The third-order valence-electron chi connectivity index (χ3n) is 3.08. The molecular weight excluding hydrogens is 330 g/mol. The number of aromatic amines is 1. The van der Waals surface area contributed by atoms with Gasteiger partial charge < -0.3 is 19.6 Å². The molecule has 0 unspecified atom stereocenters. The molecule has 0 amide bonds. The number of aromatic hydroxyl groups is 1. The summed E-state index contributed by atoms with van der Waals surface area (Å²) in [5, 5.41) is 20.2. The van der Waals surface area contributed by atoms with E-state index in [2.05, 4.69) is 9.97 Å². The van der Waals surface area contributed by atoms with Crippen LogP contribution in [0.5, 0.6) is 17.4 Å². The Morgan fingerprint density at radius 1 is 1.24 bits per heavy atom. The normalized spacial score (nSPS) is 10.8. The molecule has 1 aromatic carbocycles. The second-order valence-electron chi connectivity index (χ2n) is 4.79. The van der Waals surface area contributed by atoms with Crippen LogP contribution in [0.3, 0.4) is 0 Å². The van der Waals surface area contributed by atoms with E-state index in [4.69, 9.17) is 9.47 Å². The lowest BCUT2D eigenvalue weighted by molar-refractivity contribution is -0.387. The average molecular weight is 347 g/mol. The zero-order valence-corrected chi connectivity index (χ0v) is 13.7. The smallest absolute Gasteiger partial charge is 0.395 e. The van der Waals surface area contributed by atoms with Crippen molar-refractivity contribution in [1.29, 1.82) is 0 Å². The van der Waals surface area contributed by atoms with Crippen LogP contribution in [0.4, 0.5) is 5.69 Å². The van der Waals surface area contributed by atoms with Gasteiger partial charge in [0.25, 0.3) is 5.88 Å². The lowest BCUT2D eigenvalue weighted by atomic mass is 10.2. The van der Waals surface area contributed by atoms with Crippen LogP contribution in [0, 0.1) is 10.1 Å². The molecule has 0 aliphatic carbocycles. The van der Waals surface area contributed by atoms with Crippen LogP contribution in [0.1, 0.15) is 25.2 Å². The van der Waals surface area contributed by atoms with Gasteiger partial charge in [0.2, 0.25) is 0 Å². The van der Waals surface area contributed by atoms with Gasteiger partial charge in [-0.25, -0.2) is 0 Å². The number of nitrogens with one attached hydrogen (secondary N) is 1. The molecule has 0 bridgehead atoms. The van der Waals surface area contributed by atoms with Crippen LogP contribution in [0.15, 0.2) is 23.0 Å². The minimum absolute atomic E-state index is 0.0139. The van der Waals surface area contributed by atoms with E-state index in [-0.39, 0.29) is 5.82 Å². The first-order chi connectivity index (χ1) is 12.0. The number of nitro groups is 1. The summed E-state index contributed by atoms with van der Waals surface area (Å²) < 4.78 is 11.0. The van der Waals surface area contributed by atoms with Gasteiger partial charge in [0.15, 0.2) is 11.5 Å². The van der Waals surface area contributed by atoms with Gasteiger partial charge in [0.05, 0.1) is 18.1 Å². The molecule has 25 heavy (non-hydrogen) atoms. The molecular formula is C16H17N3O6. The maximum atomic E-state index is 11.6. The molecule has 0 fully saturated rings. The minimum atomic E-state index is -1.03. The Kier molecular flexibility index (Phi) is 5.72. The fourth-order valence-corrected chi connectivity index (χ4v) is 2.06. The van der Waals surface area contributed by atoms with E-state index in [1.54, 1.807) is 24.3 Å². The maximum absolute atomic E-state index is 11.6. The zero-order valence-electron chi connectivity index (χ0n) is 13.7. The Hall–Kier alpha value is -3.36. The summed E-state index contributed by atoms with van der Waals surface area (Å²) in [4.78, 5) is 27.1. The van der Waals surface area contributed by atoms with Crippen molar-refractivity contribution in [2.24, 2.45) is 0 Å². The summed E-state index contributed by atoms with van der Waals surface area (Å²) >= 11 is 0. The lowest BCUT2D eigenvalue weighted by Crippen LogP contribution is -2.14. The molecule has 0 spiro atoms. The highest BCUT2D eigenvalue weighted by molar-refractivity contribution is 5.68. The summed E-state index contributed by atoms with van der Waals surface area (Å²) in [6.07, 6.45) is 3.03. The van der Waals surface area contributed by atoms with Crippen LogP contribution < -0.4 is 15.0 Å². The topological polar surface area (TPSA) is 128 Å². The number of benzene rings is 1. The van der Waals surface area contributed by atoms with Crippen LogP contribution in [0.25, 0.3) is 12.2 Å². The Labute approximate surface area is 142 Å². The van der Waals surface area contributed by atoms with Crippen LogP contribution >= 0.6 is 0 Å². The monoisotopic (exact) mass is 347 g/mol. The first kappa shape index (κ1) is 18.0. The van der Waals surface area contributed by atoms with Crippen molar-refractivity contribution in [1.82, 2.24) is 9.97 Å². The molecule has 9 heteroatoms. The van der Waals surface area contributed by atoms with Crippen molar-refractivity contribution in [3.63, 3.8) is 0 Å². The summed E-state index contributed by atoms with van der Waals surface area (Å²) in [6.45, 7) is 4.69. The van der Waals surface area contributed by atoms with Gasteiger partial charge in [-0.05, 0) is 37.6 Å². The Morgan fingerprint density at radius 2 is 1.92 bits per heavy atom. The molecule has 0 saturated heterocycles. The van der Waals surface area contributed by atoms with E-state index >= 15 is 0 Å². The predicted octanol–water partition coefficient (Wildman–Crippen LogP) is 2.35. The fourth-order valence-electron chi connectivity index (χ4n) is 2.06. The van der Waals surface area contributed by atoms with E-state index in [0.29, 0.717) is 24.7 Å². The molecule has 132 valence electrons. The van der Waals surface area contributed by atoms with Gasteiger partial charge in [-0.15, -0.1) is 0 Å². The minimum Gasteiger partial charge on any atom is -0.490 e. The van der Waals surface area contributed by atoms with Gasteiger partial charge in [0, 0.05) is 0 Å². The molecule has 0 aliphatic rings. The Balaban J connectivity index is 2.31. The molecule has 1 heterocycles. The van der Waals surface area contributed by atoms with Gasteiger partial charge >= 0.3 is 11.2 Å². The van der Waals surface area contributed by atoms with E-state index < -0.39 is 22.0 Å². The molecule has 2 aromatic rings. The summed E-state index contributed by atoms with van der Waals surface area (Å²) in [7, 11) is 0. The highest BCUT2D eigenvalue weighted by atomic mass is 16.6. The van der Waals surface area contributed by atoms with Crippen molar-refractivity contribution in [3.05, 3.63) is 50.1 Å². The second kappa shape index (κ2) is 7.95. The first-order valence-corrected chi connectivity index (χ1v) is 7.51.